The minimum absolute atomic E-state index is 0.0540. The van der Waals surface area contributed by atoms with Crippen LogP contribution in [0.5, 0.6) is 0 Å². The minimum Gasteiger partial charge on any atom is -0.420 e. The minimum atomic E-state index is -0.441. The van der Waals surface area contributed by atoms with Crippen molar-refractivity contribution in [1.29, 1.82) is 0 Å². The summed E-state index contributed by atoms with van der Waals surface area (Å²) < 4.78 is 13.2. The van der Waals surface area contributed by atoms with E-state index in [0.29, 0.717) is 11.8 Å². The second kappa shape index (κ2) is 6.73. The molecule has 152 valence electrons. The van der Waals surface area contributed by atoms with Crippen LogP contribution in [0.2, 0.25) is 0 Å². The summed E-state index contributed by atoms with van der Waals surface area (Å²) in [6, 6.07) is 8.52. The van der Waals surface area contributed by atoms with Crippen LogP contribution in [-0.2, 0) is 16.8 Å². The summed E-state index contributed by atoms with van der Waals surface area (Å²) in [5, 5.41) is 13.6. The molecule has 0 spiro atoms. The molecule has 6 rings (SSSR count). The summed E-state index contributed by atoms with van der Waals surface area (Å²) in [5.74, 6) is 1.16. The van der Waals surface area contributed by atoms with Gasteiger partial charge in [0.15, 0.2) is 0 Å². The topological polar surface area (TPSA) is 88.9 Å². The van der Waals surface area contributed by atoms with E-state index in [1.165, 1.54) is 16.5 Å². The molecule has 1 aromatic carbocycles. The van der Waals surface area contributed by atoms with Crippen LogP contribution < -0.4 is 5.32 Å². The number of halogens is 1. The van der Waals surface area contributed by atoms with Gasteiger partial charge >= 0.3 is 0 Å². The third-order valence-electron chi connectivity index (χ3n) is 6.50. The van der Waals surface area contributed by atoms with Gasteiger partial charge < -0.3 is 19.5 Å². The molecule has 1 saturated heterocycles. The maximum atomic E-state index is 6.28. The van der Waals surface area contributed by atoms with Crippen molar-refractivity contribution >= 4 is 26.8 Å². The lowest BCUT2D eigenvalue weighted by molar-refractivity contribution is -0.0757. The van der Waals surface area contributed by atoms with E-state index in [-0.39, 0.29) is 12.0 Å². The van der Waals surface area contributed by atoms with Gasteiger partial charge in [-0.15, -0.1) is 10.2 Å². The average molecular weight is 466 g/mol. The first-order chi connectivity index (χ1) is 14.7. The van der Waals surface area contributed by atoms with Crippen LogP contribution >= 0.6 is 15.9 Å². The Bertz CT molecular complexity index is 1250. The van der Waals surface area contributed by atoms with Crippen LogP contribution in [0, 0.1) is 0 Å². The van der Waals surface area contributed by atoms with Crippen LogP contribution in [0.4, 0.5) is 0 Å². The van der Waals surface area contributed by atoms with Gasteiger partial charge in [0, 0.05) is 53.7 Å². The van der Waals surface area contributed by atoms with E-state index in [2.05, 4.69) is 65.8 Å². The van der Waals surface area contributed by atoms with Gasteiger partial charge in [0.2, 0.25) is 11.8 Å². The highest BCUT2D eigenvalue weighted by atomic mass is 79.9. The Morgan fingerprint density at radius 2 is 2.20 bits per heavy atom. The van der Waals surface area contributed by atoms with Crippen molar-refractivity contribution in [3.05, 3.63) is 64.3 Å². The maximum absolute atomic E-state index is 6.28. The molecule has 3 aromatic heterocycles. The fourth-order valence-corrected chi connectivity index (χ4v) is 5.47. The van der Waals surface area contributed by atoms with Crippen LogP contribution in [0.15, 0.2) is 51.7 Å². The van der Waals surface area contributed by atoms with Crippen molar-refractivity contribution in [3.63, 3.8) is 0 Å². The van der Waals surface area contributed by atoms with Crippen LogP contribution in [0.3, 0.4) is 0 Å². The molecule has 30 heavy (non-hydrogen) atoms. The predicted octanol–water partition coefficient (Wildman–Crippen LogP) is 3.92. The second-order valence-corrected chi connectivity index (χ2v) is 8.95. The second-order valence-electron chi connectivity index (χ2n) is 8.04. The van der Waals surface area contributed by atoms with E-state index in [4.69, 9.17) is 9.15 Å². The number of piperidine rings is 1. The molecule has 1 aliphatic heterocycles. The summed E-state index contributed by atoms with van der Waals surface area (Å²) in [6.07, 6.45) is 7.29. The highest BCUT2D eigenvalue weighted by molar-refractivity contribution is 9.10. The van der Waals surface area contributed by atoms with Gasteiger partial charge in [0.25, 0.3) is 0 Å². The SMILES string of the molecule is CO[C@]12CC(c3nnc(-c4cncc(Br)c4)o3)CN[C@@H]1Cc1c[nH]c3cccc2c13. The first kappa shape index (κ1) is 18.2. The molecule has 0 saturated carbocycles. The lowest BCUT2D eigenvalue weighted by Gasteiger charge is -2.48. The Labute approximate surface area is 181 Å². The zero-order valence-electron chi connectivity index (χ0n) is 16.4. The highest BCUT2D eigenvalue weighted by Crippen LogP contribution is 2.48. The summed E-state index contributed by atoms with van der Waals surface area (Å²) >= 11 is 3.44. The quantitative estimate of drug-likeness (QED) is 0.476. The van der Waals surface area contributed by atoms with Crippen molar-refractivity contribution in [3.8, 4) is 11.5 Å². The summed E-state index contributed by atoms with van der Waals surface area (Å²) in [6.45, 7) is 0.768. The lowest BCUT2D eigenvalue weighted by atomic mass is 9.69. The van der Waals surface area contributed by atoms with Gasteiger partial charge in [-0.1, -0.05) is 12.1 Å². The van der Waals surface area contributed by atoms with Gasteiger partial charge in [-0.05, 0) is 52.0 Å². The van der Waals surface area contributed by atoms with Crippen molar-refractivity contribution in [1.82, 2.24) is 25.5 Å². The highest BCUT2D eigenvalue weighted by Gasteiger charge is 2.50. The molecule has 0 amide bonds. The van der Waals surface area contributed by atoms with Crippen LogP contribution in [-0.4, -0.2) is 39.9 Å². The van der Waals surface area contributed by atoms with Crippen molar-refractivity contribution < 1.29 is 9.15 Å². The smallest absolute Gasteiger partial charge is 0.249 e. The van der Waals surface area contributed by atoms with Gasteiger partial charge in [-0.25, -0.2) is 0 Å². The third kappa shape index (κ3) is 2.60. The monoisotopic (exact) mass is 465 g/mol. The number of methoxy groups -OCH3 is 1. The molecule has 2 N–H and O–H groups in total. The number of hydrogen-bond donors (Lipinski definition) is 2. The molecular formula is C22H20BrN5O2. The number of H-pyrrole nitrogens is 1. The molecule has 0 bridgehead atoms. The lowest BCUT2D eigenvalue weighted by Crippen LogP contribution is -2.58. The molecule has 4 heterocycles. The molecule has 8 heteroatoms. The molecular weight excluding hydrogens is 446 g/mol. The van der Waals surface area contributed by atoms with Crippen molar-refractivity contribution in [2.45, 2.75) is 30.4 Å². The number of aromatic amines is 1. The molecule has 3 atom stereocenters. The molecule has 1 aliphatic carbocycles. The summed E-state index contributed by atoms with van der Waals surface area (Å²) in [7, 11) is 1.81. The molecule has 1 unspecified atom stereocenters. The first-order valence-corrected chi connectivity index (χ1v) is 10.8. The number of aromatic nitrogens is 4. The van der Waals surface area contributed by atoms with Crippen molar-refractivity contribution in [2.24, 2.45) is 0 Å². The number of rotatable bonds is 3. The Hall–Kier alpha value is -2.55. The normalized spacial score (nSPS) is 25.4. The number of pyridine rings is 1. The third-order valence-corrected chi connectivity index (χ3v) is 6.93. The van der Waals surface area contributed by atoms with E-state index in [1.54, 1.807) is 19.5 Å². The van der Waals surface area contributed by atoms with E-state index in [1.807, 2.05) is 6.07 Å². The first-order valence-electron chi connectivity index (χ1n) is 10.0. The predicted molar refractivity (Wildman–Crippen MR) is 115 cm³/mol. The van der Waals surface area contributed by atoms with Gasteiger partial charge in [-0.2, -0.15) is 0 Å². The molecule has 2 aliphatic rings. The zero-order valence-corrected chi connectivity index (χ0v) is 17.9. The standard InChI is InChI=1S/C22H20BrN5O2/c1-29-22-7-14(21-28-27-20(30-21)13-5-15(23)11-24-8-13)10-26-18(22)6-12-9-25-17-4-2-3-16(22)19(12)17/h2-5,8-9,11,14,18,25-26H,6-7,10H2,1H3/t14?,18-,22+/m1/s1. The van der Waals surface area contributed by atoms with E-state index < -0.39 is 5.60 Å². The van der Waals surface area contributed by atoms with Gasteiger partial charge in [0.05, 0.1) is 11.5 Å². The Morgan fingerprint density at radius 3 is 3.07 bits per heavy atom. The number of nitrogens with zero attached hydrogens (tertiary/aromatic N) is 3. The fraction of sp³-hybridized carbons (Fsp3) is 0.318. The summed E-state index contributed by atoms with van der Waals surface area (Å²) in [5.41, 5.74) is 4.07. The molecule has 1 fully saturated rings. The van der Waals surface area contributed by atoms with Crippen LogP contribution in [0.25, 0.3) is 22.4 Å². The Balaban J connectivity index is 1.39. The number of nitrogens with one attached hydrogen (secondary N) is 2. The average Bonchev–Trinajstić information content (AvgIpc) is 3.42. The van der Waals surface area contributed by atoms with Crippen molar-refractivity contribution in [2.75, 3.05) is 13.7 Å². The Kier molecular flexibility index (Phi) is 4.09. The van der Waals surface area contributed by atoms with E-state index in [0.717, 1.165) is 34.9 Å². The number of fused-ring (bicyclic) bond motifs is 2. The van der Waals surface area contributed by atoms with Gasteiger partial charge in [0.1, 0.15) is 5.60 Å². The largest absolute Gasteiger partial charge is 0.420 e. The fourth-order valence-electron chi connectivity index (χ4n) is 5.11. The number of ether oxygens (including phenoxy) is 1. The molecule has 7 nitrogen and oxygen atoms in total. The number of benzene rings is 1. The molecule has 4 aromatic rings. The molecule has 0 radical (unpaired) electrons. The summed E-state index contributed by atoms with van der Waals surface area (Å²) in [4.78, 5) is 7.59. The zero-order chi connectivity index (χ0) is 20.3. The van der Waals surface area contributed by atoms with E-state index in [9.17, 15) is 0 Å². The van der Waals surface area contributed by atoms with E-state index >= 15 is 0 Å². The number of hydrogen-bond acceptors (Lipinski definition) is 6. The van der Waals surface area contributed by atoms with Crippen LogP contribution in [0.1, 0.15) is 29.4 Å². The Morgan fingerprint density at radius 1 is 1.27 bits per heavy atom. The maximum Gasteiger partial charge on any atom is 0.249 e. The van der Waals surface area contributed by atoms with Gasteiger partial charge in [-0.3, -0.25) is 4.98 Å².